The molecular weight excluding hydrogens is 400 g/mol. The second-order valence-corrected chi connectivity index (χ2v) is 7.93. The van der Waals surface area contributed by atoms with Gasteiger partial charge < -0.3 is 20.4 Å². The smallest absolute Gasteiger partial charge is 0.245 e. The number of anilines is 4. The summed E-state index contributed by atoms with van der Waals surface area (Å²) in [7, 11) is 1.88. The normalized spacial score (nSPS) is 15.1. The Balaban J connectivity index is 1.47. The fourth-order valence-electron chi connectivity index (χ4n) is 3.97. The zero-order valence-corrected chi connectivity index (χ0v) is 18.3. The first-order valence-corrected chi connectivity index (χ1v) is 10.7. The van der Waals surface area contributed by atoms with Crippen LogP contribution in [0.4, 0.5) is 23.1 Å². The topological polar surface area (TPSA) is 73.4 Å². The van der Waals surface area contributed by atoms with Crippen LogP contribution in [0.25, 0.3) is 12.2 Å². The van der Waals surface area contributed by atoms with Gasteiger partial charge in [0.1, 0.15) is 5.82 Å². The molecule has 7 nitrogen and oxygen atoms in total. The number of nitrogens with zero attached hydrogens (tertiary/aromatic N) is 4. The number of aromatic nitrogens is 2. The molecule has 2 aliphatic heterocycles. The molecular formula is C25H28N6O. The van der Waals surface area contributed by atoms with Crippen LogP contribution >= 0.6 is 0 Å². The lowest BCUT2D eigenvalue weighted by Gasteiger charge is -2.40. The van der Waals surface area contributed by atoms with Gasteiger partial charge in [-0.25, -0.2) is 4.98 Å². The summed E-state index contributed by atoms with van der Waals surface area (Å²) in [6.45, 7) is 13.9. The molecule has 0 bridgehead atoms. The molecule has 0 aliphatic carbocycles. The highest BCUT2D eigenvalue weighted by molar-refractivity contribution is 5.87. The quantitative estimate of drug-likeness (QED) is 0.611. The Bertz CT molecular complexity index is 1100. The van der Waals surface area contributed by atoms with Crippen molar-refractivity contribution in [2.45, 2.75) is 6.42 Å². The van der Waals surface area contributed by atoms with Crippen molar-refractivity contribution in [2.24, 2.45) is 5.92 Å². The largest absolute Gasteiger partial charge is 0.388 e. The highest BCUT2D eigenvalue weighted by Gasteiger charge is 2.30. The van der Waals surface area contributed by atoms with Crippen molar-refractivity contribution in [1.29, 1.82) is 0 Å². The lowest BCUT2D eigenvalue weighted by molar-refractivity contribution is -0.132. The Kier molecular flexibility index (Phi) is 6.07. The minimum atomic E-state index is 0.00271. The van der Waals surface area contributed by atoms with Crippen LogP contribution < -0.4 is 15.5 Å². The molecule has 0 spiro atoms. The lowest BCUT2D eigenvalue weighted by atomic mass is 9.95. The molecule has 0 saturated carbocycles. The maximum Gasteiger partial charge on any atom is 0.245 e. The molecule has 2 aliphatic rings. The molecule has 1 aromatic heterocycles. The van der Waals surface area contributed by atoms with Crippen LogP contribution in [0.15, 0.2) is 62.0 Å². The summed E-state index contributed by atoms with van der Waals surface area (Å²) in [4.78, 5) is 24.9. The average Bonchev–Trinajstić information content (AvgIpc) is 2.78. The van der Waals surface area contributed by atoms with E-state index in [0.717, 1.165) is 60.1 Å². The van der Waals surface area contributed by atoms with Gasteiger partial charge in [-0.3, -0.25) is 4.79 Å². The Labute approximate surface area is 188 Å². The number of nitrogens with one attached hydrogen (secondary N) is 2. The monoisotopic (exact) mass is 428 g/mol. The summed E-state index contributed by atoms with van der Waals surface area (Å²) in [5.41, 5.74) is 4.75. The van der Waals surface area contributed by atoms with E-state index in [4.69, 9.17) is 4.98 Å². The van der Waals surface area contributed by atoms with E-state index in [9.17, 15) is 4.79 Å². The number of rotatable bonds is 8. The number of carbonyl (C=O) groups excluding carboxylic acids is 1. The molecule has 3 heterocycles. The third kappa shape index (κ3) is 4.27. The average molecular weight is 429 g/mol. The predicted octanol–water partition coefficient (Wildman–Crippen LogP) is 4.29. The number of hydrogen-bond acceptors (Lipinski definition) is 6. The van der Waals surface area contributed by atoms with Gasteiger partial charge in [0.25, 0.3) is 0 Å². The van der Waals surface area contributed by atoms with Crippen LogP contribution in [0.1, 0.15) is 17.5 Å². The first-order valence-electron chi connectivity index (χ1n) is 10.7. The molecule has 1 aromatic carbocycles. The van der Waals surface area contributed by atoms with Gasteiger partial charge in [0.2, 0.25) is 11.9 Å². The van der Waals surface area contributed by atoms with Gasteiger partial charge in [0.05, 0.1) is 0 Å². The van der Waals surface area contributed by atoms with Gasteiger partial charge in [-0.1, -0.05) is 31.9 Å². The Morgan fingerprint density at radius 3 is 2.81 bits per heavy atom. The minimum Gasteiger partial charge on any atom is -0.388 e. The minimum absolute atomic E-state index is 0.00271. The van der Waals surface area contributed by atoms with Crippen molar-refractivity contribution in [3.05, 3.63) is 73.1 Å². The van der Waals surface area contributed by atoms with Crippen molar-refractivity contribution in [2.75, 3.05) is 42.2 Å². The second-order valence-electron chi connectivity index (χ2n) is 7.93. The predicted molar refractivity (Wildman–Crippen MR) is 132 cm³/mol. The van der Waals surface area contributed by atoms with E-state index in [1.807, 2.05) is 54.6 Å². The maximum absolute atomic E-state index is 11.7. The third-order valence-corrected chi connectivity index (χ3v) is 5.86. The van der Waals surface area contributed by atoms with Gasteiger partial charge in [0.15, 0.2) is 0 Å². The summed E-state index contributed by atoms with van der Waals surface area (Å²) < 4.78 is 0. The van der Waals surface area contributed by atoms with E-state index in [1.165, 1.54) is 6.08 Å². The summed E-state index contributed by atoms with van der Waals surface area (Å²) in [5, 5.41) is 6.47. The molecule has 7 heteroatoms. The van der Waals surface area contributed by atoms with E-state index in [0.29, 0.717) is 11.9 Å². The molecule has 1 saturated heterocycles. The number of fused-ring (bicyclic) bond motifs is 1. The van der Waals surface area contributed by atoms with E-state index in [-0.39, 0.29) is 5.91 Å². The van der Waals surface area contributed by atoms with Crippen LogP contribution in [-0.4, -0.2) is 47.5 Å². The molecule has 1 fully saturated rings. The van der Waals surface area contributed by atoms with Crippen molar-refractivity contribution in [3.63, 3.8) is 0 Å². The van der Waals surface area contributed by atoms with Crippen LogP contribution in [0.5, 0.6) is 0 Å². The van der Waals surface area contributed by atoms with E-state index < -0.39 is 0 Å². The summed E-state index contributed by atoms with van der Waals surface area (Å²) >= 11 is 0. The summed E-state index contributed by atoms with van der Waals surface area (Å²) in [6, 6.07) is 5.98. The SMILES string of the molecule is C=CC(=O)N1CC(CCN2C(=C)C=Cc3cnc(Nc4ccc(C=C)c(NC)c4)nc32)C1. The molecule has 0 unspecified atom stereocenters. The van der Waals surface area contributed by atoms with Crippen molar-refractivity contribution in [1.82, 2.24) is 14.9 Å². The zero-order chi connectivity index (χ0) is 22.7. The Hall–Kier alpha value is -3.87. The maximum atomic E-state index is 11.7. The number of allylic oxidation sites excluding steroid dienone is 1. The first kappa shape index (κ1) is 21.4. The zero-order valence-electron chi connectivity index (χ0n) is 18.3. The van der Waals surface area contributed by atoms with Crippen LogP contribution in [-0.2, 0) is 4.79 Å². The number of amides is 1. The highest BCUT2D eigenvalue weighted by atomic mass is 16.2. The second kappa shape index (κ2) is 9.09. The van der Waals surface area contributed by atoms with Gasteiger partial charge in [-0.2, -0.15) is 4.98 Å². The highest BCUT2D eigenvalue weighted by Crippen LogP contribution is 2.31. The number of benzene rings is 1. The fourth-order valence-corrected chi connectivity index (χ4v) is 3.97. The Morgan fingerprint density at radius 1 is 1.28 bits per heavy atom. The lowest BCUT2D eigenvalue weighted by Crippen LogP contribution is -2.50. The molecule has 0 atom stereocenters. The summed E-state index contributed by atoms with van der Waals surface area (Å²) in [6.07, 6.45) is 9.94. The van der Waals surface area contributed by atoms with E-state index >= 15 is 0 Å². The number of likely N-dealkylation sites (tertiary alicyclic amines) is 1. The molecule has 4 rings (SSSR count). The van der Waals surface area contributed by atoms with Gasteiger partial charge >= 0.3 is 0 Å². The number of carbonyl (C=O) groups is 1. The number of hydrogen-bond donors (Lipinski definition) is 2. The van der Waals surface area contributed by atoms with Crippen LogP contribution in [0.2, 0.25) is 0 Å². The van der Waals surface area contributed by atoms with Crippen molar-refractivity contribution >= 4 is 41.2 Å². The molecule has 2 N–H and O–H groups in total. The molecule has 32 heavy (non-hydrogen) atoms. The van der Waals surface area contributed by atoms with E-state index in [2.05, 4.69) is 40.3 Å². The van der Waals surface area contributed by atoms with Gasteiger partial charge in [-0.15, -0.1) is 0 Å². The van der Waals surface area contributed by atoms with Crippen LogP contribution in [0, 0.1) is 5.92 Å². The van der Waals surface area contributed by atoms with E-state index in [1.54, 1.807) is 0 Å². The summed E-state index contributed by atoms with van der Waals surface area (Å²) in [5.74, 6) is 1.84. The van der Waals surface area contributed by atoms with Crippen molar-refractivity contribution < 1.29 is 4.79 Å². The van der Waals surface area contributed by atoms with Gasteiger partial charge in [0, 0.05) is 55.5 Å². The third-order valence-electron chi connectivity index (χ3n) is 5.86. The molecule has 0 radical (unpaired) electrons. The molecule has 1 amide bonds. The van der Waals surface area contributed by atoms with Crippen molar-refractivity contribution in [3.8, 4) is 0 Å². The Morgan fingerprint density at radius 2 is 2.09 bits per heavy atom. The van der Waals surface area contributed by atoms with Gasteiger partial charge in [-0.05, 0) is 48.3 Å². The molecule has 2 aromatic rings. The standard InChI is InChI=1S/C25H28N6O/c1-5-19-9-10-21(13-22(19)26-4)28-25-27-14-20-8-7-17(3)31(24(20)29-25)12-11-18-15-30(16-18)23(32)6-2/h5-10,13-14,18,26H,1-3,11-12,15-16H2,4H3,(H,27,28,29). The van der Waals surface area contributed by atoms with Crippen LogP contribution in [0.3, 0.4) is 0 Å². The molecule has 164 valence electrons. The first-order chi connectivity index (χ1) is 15.5. The fraction of sp³-hybridized carbons (Fsp3) is 0.240.